The van der Waals surface area contributed by atoms with Crippen molar-refractivity contribution >= 4 is 58.9 Å². The molecule has 0 radical (unpaired) electrons. The highest BCUT2D eigenvalue weighted by Gasteiger charge is 2.21. The SMILES string of the molecule is CC1CC=C(C2=CC=CCC2)C=C1c1ccc2c3ccccc3n(-c3cccc4sc5ccccc5c34)c2c1. The van der Waals surface area contributed by atoms with Gasteiger partial charge in [-0.25, -0.2) is 0 Å². The Morgan fingerprint density at radius 3 is 2.51 bits per heavy atom. The lowest BCUT2D eigenvalue weighted by molar-refractivity contribution is 0.752. The predicted octanol–water partition coefficient (Wildman–Crippen LogP) is 10.8. The zero-order chi connectivity index (χ0) is 25.9. The third-order valence-corrected chi connectivity index (χ3v) is 9.68. The molecule has 2 heteroatoms. The number of rotatable bonds is 3. The number of allylic oxidation sites excluding steroid dienone is 8. The third-order valence-electron chi connectivity index (χ3n) is 8.55. The first-order valence-electron chi connectivity index (χ1n) is 14.0. The van der Waals surface area contributed by atoms with Crippen molar-refractivity contribution in [3.8, 4) is 5.69 Å². The third kappa shape index (κ3) is 3.59. The minimum absolute atomic E-state index is 0.494. The smallest absolute Gasteiger partial charge is 0.0555 e. The summed E-state index contributed by atoms with van der Waals surface area (Å²) in [5, 5.41) is 5.30. The van der Waals surface area contributed by atoms with E-state index >= 15 is 0 Å². The summed E-state index contributed by atoms with van der Waals surface area (Å²) in [5.74, 6) is 0.494. The fourth-order valence-electron chi connectivity index (χ4n) is 6.59. The maximum absolute atomic E-state index is 2.51. The minimum atomic E-state index is 0.494. The second-order valence-electron chi connectivity index (χ2n) is 10.9. The number of fused-ring (bicyclic) bond motifs is 6. The number of thiophene rings is 1. The van der Waals surface area contributed by atoms with Gasteiger partial charge in [0.05, 0.1) is 16.7 Å². The summed E-state index contributed by atoms with van der Waals surface area (Å²) in [7, 11) is 0. The van der Waals surface area contributed by atoms with E-state index < -0.39 is 0 Å². The van der Waals surface area contributed by atoms with Crippen LogP contribution in [0.3, 0.4) is 0 Å². The zero-order valence-electron chi connectivity index (χ0n) is 22.0. The summed E-state index contributed by atoms with van der Waals surface area (Å²) in [6.45, 7) is 2.37. The molecule has 0 spiro atoms. The fourth-order valence-corrected chi connectivity index (χ4v) is 7.71. The molecule has 0 amide bonds. The quantitative estimate of drug-likeness (QED) is 0.219. The van der Waals surface area contributed by atoms with Crippen molar-refractivity contribution < 1.29 is 0 Å². The summed E-state index contributed by atoms with van der Waals surface area (Å²) in [6, 6.07) is 31.6. The van der Waals surface area contributed by atoms with Crippen molar-refractivity contribution in [2.24, 2.45) is 5.92 Å². The van der Waals surface area contributed by atoms with E-state index in [1.165, 1.54) is 69.9 Å². The Kier molecular flexibility index (Phi) is 5.24. The Morgan fingerprint density at radius 1 is 0.795 bits per heavy atom. The van der Waals surface area contributed by atoms with E-state index in [0.29, 0.717) is 5.92 Å². The van der Waals surface area contributed by atoms with Gasteiger partial charge in [-0.05, 0) is 77.8 Å². The van der Waals surface area contributed by atoms with E-state index in [1.54, 1.807) is 0 Å². The lowest BCUT2D eigenvalue weighted by atomic mass is 9.82. The molecule has 0 aliphatic heterocycles. The van der Waals surface area contributed by atoms with E-state index in [-0.39, 0.29) is 0 Å². The maximum Gasteiger partial charge on any atom is 0.0555 e. The van der Waals surface area contributed by atoms with E-state index in [9.17, 15) is 0 Å². The zero-order valence-corrected chi connectivity index (χ0v) is 22.8. The number of para-hydroxylation sites is 1. The molecule has 6 aromatic rings. The van der Waals surface area contributed by atoms with Crippen LogP contribution in [0.5, 0.6) is 0 Å². The largest absolute Gasteiger partial charge is 0.309 e. The van der Waals surface area contributed by atoms with Crippen LogP contribution < -0.4 is 0 Å². The van der Waals surface area contributed by atoms with Crippen LogP contribution in [0.4, 0.5) is 0 Å². The Labute approximate surface area is 232 Å². The van der Waals surface area contributed by atoms with Gasteiger partial charge in [-0.1, -0.05) is 91.9 Å². The van der Waals surface area contributed by atoms with E-state index in [0.717, 1.165) is 19.3 Å². The van der Waals surface area contributed by atoms with Gasteiger partial charge in [0.25, 0.3) is 0 Å². The van der Waals surface area contributed by atoms with E-state index in [4.69, 9.17) is 0 Å². The average molecular weight is 520 g/mol. The monoisotopic (exact) mass is 519 g/mol. The van der Waals surface area contributed by atoms with Crippen LogP contribution in [0.2, 0.25) is 0 Å². The lowest BCUT2D eigenvalue weighted by Gasteiger charge is -2.23. The predicted molar refractivity (Wildman–Crippen MR) is 170 cm³/mol. The molecule has 2 aliphatic carbocycles. The molecule has 0 N–H and O–H groups in total. The second-order valence-corrected chi connectivity index (χ2v) is 12.0. The first-order chi connectivity index (χ1) is 19.3. The highest BCUT2D eigenvalue weighted by Crippen LogP contribution is 2.42. The van der Waals surface area contributed by atoms with Crippen LogP contribution in [0.15, 0.2) is 126 Å². The number of hydrogen-bond donors (Lipinski definition) is 0. The molecule has 2 aromatic heterocycles. The van der Waals surface area contributed by atoms with Gasteiger partial charge in [-0.2, -0.15) is 0 Å². The van der Waals surface area contributed by atoms with Crippen LogP contribution in [-0.4, -0.2) is 4.57 Å². The molecule has 1 nitrogen and oxygen atoms in total. The minimum Gasteiger partial charge on any atom is -0.309 e. The van der Waals surface area contributed by atoms with Gasteiger partial charge in [-0.3, -0.25) is 0 Å². The first kappa shape index (κ1) is 22.8. The van der Waals surface area contributed by atoms with Crippen LogP contribution in [0.1, 0.15) is 31.7 Å². The molecular formula is C37H29NS. The van der Waals surface area contributed by atoms with Gasteiger partial charge in [0.1, 0.15) is 0 Å². The summed E-state index contributed by atoms with van der Waals surface area (Å²) in [5.41, 5.74) is 9.45. The highest BCUT2D eigenvalue weighted by molar-refractivity contribution is 7.25. The van der Waals surface area contributed by atoms with Gasteiger partial charge >= 0.3 is 0 Å². The molecule has 8 rings (SSSR count). The normalized spacial score (nSPS) is 17.7. The lowest BCUT2D eigenvalue weighted by Crippen LogP contribution is -2.05. The van der Waals surface area contributed by atoms with Crippen LogP contribution in [0.25, 0.3) is 53.2 Å². The maximum atomic E-state index is 2.51. The van der Waals surface area contributed by atoms with Gasteiger partial charge in [0.2, 0.25) is 0 Å². The Bertz CT molecular complexity index is 2060. The standard InChI is InChI=1S/C37H29NS/c1-24-18-19-26(25-10-3-2-4-11-25)22-31(24)27-20-21-29-28-12-5-7-14-32(28)38(34(29)23-27)33-15-9-17-36-37(33)30-13-6-8-16-35(30)39-36/h2-3,5-10,12-17,19-24H,4,11,18H2,1H3. The highest BCUT2D eigenvalue weighted by atomic mass is 32.1. The van der Waals surface area contributed by atoms with Crippen LogP contribution in [-0.2, 0) is 0 Å². The van der Waals surface area contributed by atoms with Crippen molar-refractivity contribution in [2.75, 3.05) is 0 Å². The molecule has 39 heavy (non-hydrogen) atoms. The second kappa shape index (κ2) is 8.97. The van der Waals surface area contributed by atoms with Gasteiger partial charge in [-0.15, -0.1) is 11.3 Å². The van der Waals surface area contributed by atoms with Gasteiger partial charge in [0.15, 0.2) is 0 Å². The van der Waals surface area contributed by atoms with Crippen LogP contribution >= 0.6 is 11.3 Å². The summed E-state index contributed by atoms with van der Waals surface area (Å²) in [4.78, 5) is 0. The fraction of sp³-hybridized carbons (Fsp3) is 0.135. The summed E-state index contributed by atoms with van der Waals surface area (Å²) in [6.07, 6.45) is 15.0. The number of aromatic nitrogens is 1. The Balaban J connectivity index is 1.39. The molecular weight excluding hydrogens is 490 g/mol. The van der Waals surface area contributed by atoms with Crippen LogP contribution in [0, 0.1) is 5.92 Å². The van der Waals surface area contributed by atoms with Crippen molar-refractivity contribution in [2.45, 2.75) is 26.2 Å². The molecule has 2 heterocycles. The molecule has 0 fully saturated rings. The topological polar surface area (TPSA) is 4.93 Å². The molecule has 0 saturated carbocycles. The summed E-state index contributed by atoms with van der Waals surface area (Å²) < 4.78 is 5.19. The molecule has 0 bridgehead atoms. The van der Waals surface area contributed by atoms with Crippen molar-refractivity contribution in [1.29, 1.82) is 0 Å². The van der Waals surface area contributed by atoms with Gasteiger partial charge in [0, 0.05) is 30.9 Å². The number of benzene rings is 4. The molecule has 188 valence electrons. The Hall–Kier alpha value is -4.14. The summed E-state index contributed by atoms with van der Waals surface area (Å²) >= 11 is 1.89. The Morgan fingerprint density at radius 2 is 1.62 bits per heavy atom. The van der Waals surface area contributed by atoms with Crippen molar-refractivity contribution in [3.05, 3.63) is 132 Å². The first-order valence-corrected chi connectivity index (χ1v) is 14.8. The van der Waals surface area contributed by atoms with E-state index in [1.807, 2.05) is 11.3 Å². The molecule has 1 atom stereocenters. The number of nitrogens with zero attached hydrogens (tertiary/aromatic N) is 1. The molecule has 0 saturated heterocycles. The molecule has 4 aromatic carbocycles. The molecule has 1 unspecified atom stereocenters. The number of hydrogen-bond acceptors (Lipinski definition) is 1. The van der Waals surface area contributed by atoms with Crippen molar-refractivity contribution in [3.63, 3.8) is 0 Å². The average Bonchev–Trinajstić information content (AvgIpc) is 3.53. The van der Waals surface area contributed by atoms with Crippen molar-refractivity contribution in [1.82, 2.24) is 4.57 Å². The van der Waals surface area contributed by atoms with E-state index in [2.05, 4.69) is 127 Å². The molecule has 2 aliphatic rings. The van der Waals surface area contributed by atoms with Gasteiger partial charge < -0.3 is 4.57 Å².